The number of hydrogen-bond acceptors (Lipinski definition) is 4. The number of aryl methyl sites for hydroxylation is 3. The third-order valence-electron chi connectivity index (χ3n) is 2.95. The van der Waals surface area contributed by atoms with Crippen LogP contribution in [0.4, 0.5) is 0 Å². The van der Waals surface area contributed by atoms with Gasteiger partial charge in [0.1, 0.15) is 5.82 Å². The number of aromatic nitrogens is 4. The second-order valence-electron chi connectivity index (χ2n) is 4.53. The van der Waals surface area contributed by atoms with Crippen LogP contribution < -0.4 is 5.73 Å². The van der Waals surface area contributed by atoms with Gasteiger partial charge in [0, 0.05) is 31.6 Å². The lowest BCUT2D eigenvalue weighted by atomic mass is 10.1. The van der Waals surface area contributed by atoms with E-state index in [9.17, 15) is 0 Å². The third kappa shape index (κ3) is 2.73. The zero-order valence-electron chi connectivity index (χ0n) is 11.1. The molecule has 0 radical (unpaired) electrons. The van der Waals surface area contributed by atoms with Crippen LogP contribution in [0.15, 0.2) is 18.5 Å². The zero-order chi connectivity index (χ0) is 13.1. The molecule has 0 aliphatic carbocycles. The highest BCUT2D eigenvalue weighted by Gasteiger charge is 2.13. The van der Waals surface area contributed by atoms with E-state index in [1.165, 1.54) is 0 Å². The normalized spacial score (nSPS) is 12.7. The first-order valence-electron chi connectivity index (χ1n) is 6.16. The van der Waals surface area contributed by atoms with Crippen molar-refractivity contribution in [3.63, 3.8) is 0 Å². The van der Waals surface area contributed by atoms with E-state index in [1.807, 2.05) is 18.7 Å². The molecule has 5 heteroatoms. The van der Waals surface area contributed by atoms with Gasteiger partial charge in [-0.3, -0.25) is 4.68 Å². The van der Waals surface area contributed by atoms with Crippen molar-refractivity contribution in [2.45, 2.75) is 32.7 Å². The van der Waals surface area contributed by atoms with Crippen molar-refractivity contribution in [3.05, 3.63) is 41.2 Å². The van der Waals surface area contributed by atoms with Crippen molar-refractivity contribution in [3.8, 4) is 0 Å². The van der Waals surface area contributed by atoms with Gasteiger partial charge in [-0.1, -0.05) is 6.92 Å². The first-order valence-corrected chi connectivity index (χ1v) is 6.16. The lowest BCUT2D eigenvalue weighted by molar-refractivity contribution is 0.612. The summed E-state index contributed by atoms with van der Waals surface area (Å²) in [6, 6.07) is 1.90. The van der Waals surface area contributed by atoms with Crippen LogP contribution in [-0.2, 0) is 19.9 Å². The molecular formula is C13H19N5. The molecule has 0 amide bonds. The van der Waals surface area contributed by atoms with Crippen LogP contribution in [0, 0.1) is 6.92 Å². The lowest BCUT2D eigenvalue weighted by Gasteiger charge is -2.10. The van der Waals surface area contributed by atoms with Crippen LogP contribution in [0.3, 0.4) is 0 Å². The summed E-state index contributed by atoms with van der Waals surface area (Å²) in [6.07, 6.45) is 5.22. The molecule has 18 heavy (non-hydrogen) atoms. The Bertz CT molecular complexity index is 515. The van der Waals surface area contributed by atoms with Crippen molar-refractivity contribution in [1.29, 1.82) is 0 Å². The van der Waals surface area contributed by atoms with Gasteiger partial charge >= 0.3 is 0 Å². The highest BCUT2D eigenvalue weighted by Crippen LogP contribution is 2.13. The summed E-state index contributed by atoms with van der Waals surface area (Å²) in [5.74, 6) is 0.680. The summed E-state index contributed by atoms with van der Waals surface area (Å²) >= 11 is 0. The fourth-order valence-electron chi connectivity index (χ4n) is 1.85. The van der Waals surface area contributed by atoms with Crippen LogP contribution in [-0.4, -0.2) is 19.7 Å². The van der Waals surface area contributed by atoms with Gasteiger partial charge in [0.25, 0.3) is 0 Å². The summed E-state index contributed by atoms with van der Waals surface area (Å²) in [6.45, 7) is 4.05. The monoisotopic (exact) mass is 245 g/mol. The summed E-state index contributed by atoms with van der Waals surface area (Å²) in [7, 11) is 1.94. The van der Waals surface area contributed by atoms with Crippen molar-refractivity contribution in [1.82, 2.24) is 19.7 Å². The molecule has 0 spiro atoms. The van der Waals surface area contributed by atoms with E-state index in [0.717, 1.165) is 23.4 Å². The highest BCUT2D eigenvalue weighted by atomic mass is 15.3. The van der Waals surface area contributed by atoms with Crippen molar-refractivity contribution in [2.75, 3.05) is 0 Å². The number of nitrogens with zero attached hydrogens (tertiary/aromatic N) is 4. The average Bonchev–Trinajstić information content (AvgIpc) is 2.71. The third-order valence-corrected chi connectivity index (χ3v) is 2.95. The van der Waals surface area contributed by atoms with Crippen LogP contribution in [0.1, 0.15) is 35.7 Å². The average molecular weight is 245 g/mol. The standard InChI is InChI=1S/C13H19N5/c1-4-10-5-11(18(3)17-10)6-12(14)13-15-7-9(2)8-16-13/h5,7-8,12H,4,6,14H2,1-3H3. The molecule has 1 atom stereocenters. The molecular weight excluding hydrogens is 226 g/mol. The second kappa shape index (κ2) is 5.27. The van der Waals surface area contributed by atoms with Gasteiger partial charge in [0.15, 0.2) is 0 Å². The number of nitrogens with two attached hydrogens (primary N) is 1. The first kappa shape index (κ1) is 12.7. The molecule has 0 fully saturated rings. The van der Waals surface area contributed by atoms with Crippen molar-refractivity contribution in [2.24, 2.45) is 12.8 Å². The Labute approximate surface area is 107 Å². The smallest absolute Gasteiger partial charge is 0.145 e. The minimum Gasteiger partial charge on any atom is -0.321 e. The predicted molar refractivity (Wildman–Crippen MR) is 70.0 cm³/mol. The van der Waals surface area contributed by atoms with Gasteiger partial charge in [0.05, 0.1) is 11.7 Å². The lowest BCUT2D eigenvalue weighted by Crippen LogP contribution is -2.18. The quantitative estimate of drug-likeness (QED) is 0.882. The molecule has 0 saturated carbocycles. The number of rotatable bonds is 4. The van der Waals surface area contributed by atoms with Gasteiger partial charge < -0.3 is 5.73 Å². The maximum Gasteiger partial charge on any atom is 0.145 e. The number of hydrogen-bond donors (Lipinski definition) is 1. The predicted octanol–water partition coefficient (Wildman–Crippen LogP) is 1.32. The first-order chi connectivity index (χ1) is 8.60. The molecule has 0 aliphatic heterocycles. The Hall–Kier alpha value is -1.75. The Kier molecular flexibility index (Phi) is 3.72. The maximum atomic E-state index is 6.13. The topological polar surface area (TPSA) is 69.6 Å². The van der Waals surface area contributed by atoms with Gasteiger partial charge in [-0.05, 0) is 25.0 Å². The zero-order valence-corrected chi connectivity index (χ0v) is 11.1. The Morgan fingerprint density at radius 1 is 1.33 bits per heavy atom. The largest absolute Gasteiger partial charge is 0.321 e. The molecule has 96 valence electrons. The summed E-state index contributed by atoms with van der Waals surface area (Å²) in [5.41, 5.74) is 9.37. The molecule has 2 aromatic heterocycles. The van der Waals surface area contributed by atoms with Gasteiger partial charge in [-0.15, -0.1) is 0 Å². The van der Waals surface area contributed by atoms with Gasteiger partial charge in [0.2, 0.25) is 0 Å². The van der Waals surface area contributed by atoms with E-state index >= 15 is 0 Å². The maximum absolute atomic E-state index is 6.13. The van der Waals surface area contributed by atoms with E-state index in [4.69, 9.17) is 5.73 Å². The Morgan fingerprint density at radius 2 is 2.00 bits per heavy atom. The Morgan fingerprint density at radius 3 is 2.56 bits per heavy atom. The summed E-state index contributed by atoms with van der Waals surface area (Å²) in [4.78, 5) is 8.53. The van der Waals surface area contributed by atoms with E-state index in [-0.39, 0.29) is 6.04 Å². The van der Waals surface area contributed by atoms with E-state index in [1.54, 1.807) is 12.4 Å². The summed E-state index contributed by atoms with van der Waals surface area (Å²) in [5, 5.41) is 4.41. The van der Waals surface area contributed by atoms with Crippen LogP contribution >= 0.6 is 0 Å². The van der Waals surface area contributed by atoms with Gasteiger partial charge in [-0.2, -0.15) is 5.10 Å². The Balaban J connectivity index is 2.13. The molecule has 2 N–H and O–H groups in total. The molecule has 2 aromatic rings. The second-order valence-corrected chi connectivity index (χ2v) is 4.53. The van der Waals surface area contributed by atoms with Crippen molar-refractivity contribution >= 4 is 0 Å². The van der Waals surface area contributed by atoms with Crippen molar-refractivity contribution < 1.29 is 0 Å². The fourth-order valence-corrected chi connectivity index (χ4v) is 1.85. The van der Waals surface area contributed by atoms with E-state index in [2.05, 4.69) is 28.1 Å². The minimum atomic E-state index is -0.189. The molecule has 0 bridgehead atoms. The summed E-state index contributed by atoms with van der Waals surface area (Å²) < 4.78 is 1.88. The fraction of sp³-hybridized carbons (Fsp3) is 0.462. The van der Waals surface area contributed by atoms with Crippen LogP contribution in [0.25, 0.3) is 0 Å². The van der Waals surface area contributed by atoms with E-state index in [0.29, 0.717) is 12.2 Å². The SMILES string of the molecule is CCc1cc(CC(N)c2ncc(C)cn2)n(C)n1. The minimum absolute atomic E-state index is 0.189. The van der Waals surface area contributed by atoms with Crippen LogP contribution in [0.2, 0.25) is 0 Å². The molecule has 0 aromatic carbocycles. The van der Waals surface area contributed by atoms with Gasteiger partial charge in [-0.25, -0.2) is 9.97 Å². The molecule has 5 nitrogen and oxygen atoms in total. The molecule has 2 rings (SSSR count). The highest BCUT2D eigenvalue weighted by molar-refractivity contribution is 5.13. The van der Waals surface area contributed by atoms with Crippen LogP contribution in [0.5, 0.6) is 0 Å². The molecule has 0 aliphatic rings. The molecule has 2 heterocycles. The molecule has 0 saturated heterocycles. The van der Waals surface area contributed by atoms with E-state index < -0.39 is 0 Å². The molecule has 1 unspecified atom stereocenters.